The van der Waals surface area contributed by atoms with Gasteiger partial charge in [-0.1, -0.05) is 42.5 Å². The standard InChI is InChI=1S/C19H21NO4/c1-3-24-19(22)15(13-14-9-5-4-6-10-14)18(21)20-16-11-7-8-12-17(16)23-2/h4-12,15H,3,13H2,1-2H3,(H,20,21). The van der Waals surface area contributed by atoms with Gasteiger partial charge in [0.15, 0.2) is 0 Å². The molecule has 0 saturated heterocycles. The summed E-state index contributed by atoms with van der Waals surface area (Å²) >= 11 is 0. The minimum absolute atomic E-state index is 0.228. The van der Waals surface area contributed by atoms with Crippen LogP contribution >= 0.6 is 0 Å². The highest BCUT2D eigenvalue weighted by molar-refractivity contribution is 6.05. The van der Waals surface area contributed by atoms with E-state index >= 15 is 0 Å². The van der Waals surface area contributed by atoms with Crippen LogP contribution in [0, 0.1) is 5.92 Å². The van der Waals surface area contributed by atoms with Crippen LogP contribution in [0.15, 0.2) is 54.6 Å². The Morgan fingerprint density at radius 1 is 1.04 bits per heavy atom. The van der Waals surface area contributed by atoms with E-state index in [-0.39, 0.29) is 13.0 Å². The molecule has 2 aromatic rings. The average Bonchev–Trinajstić information content (AvgIpc) is 2.61. The molecular weight excluding hydrogens is 306 g/mol. The van der Waals surface area contributed by atoms with Gasteiger partial charge in [0.1, 0.15) is 11.7 Å². The lowest BCUT2D eigenvalue weighted by atomic mass is 9.98. The highest BCUT2D eigenvalue weighted by atomic mass is 16.5. The van der Waals surface area contributed by atoms with Gasteiger partial charge in [0.25, 0.3) is 0 Å². The summed E-state index contributed by atoms with van der Waals surface area (Å²) in [5, 5.41) is 2.76. The molecule has 0 aliphatic heterocycles. The Bertz CT molecular complexity index is 685. The van der Waals surface area contributed by atoms with E-state index in [1.807, 2.05) is 30.3 Å². The van der Waals surface area contributed by atoms with Crippen molar-refractivity contribution in [3.8, 4) is 5.75 Å². The van der Waals surface area contributed by atoms with Crippen LogP contribution in [0.25, 0.3) is 0 Å². The summed E-state index contributed by atoms with van der Waals surface area (Å²) in [4.78, 5) is 24.9. The first-order valence-corrected chi connectivity index (χ1v) is 7.80. The van der Waals surface area contributed by atoms with Crippen molar-refractivity contribution in [2.24, 2.45) is 5.92 Å². The molecule has 0 heterocycles. The summed E-state index contributed by atoms with van der Waals surface area (Å²) in [5.74, 6) is -1.33. The Labute approximate surface area is 141 Å². The highest BCUT2D eigenvalue weighted by Crippen LogP contribution is 2.24. The lowest BCUT2D eigenvalue weighted by molar-refractivity contribution is -0.150. The van der Waals surface area contributed by atoms with Crippen LogP contribution in [-0.2, 0) is 20.7 Å². The van der Waals surface area contributed by atoms with Crippen molar-refractivity contribution in [1.29, 1.82) is 0 Å². The lowest BCUT2D eigenvalue weighted by Gasteiger charge is -2.17. The first-order chi connectivity index (χ1) is 11.7. The molecular formula is C19H21NO4. The fraction of sp³-hybridized carbons (Fsp3) is 0.263. The smallest absolute Gasteiger partial charge is 0.318 e. The SMILES string of the molecule is CCOC(=O)C(Cc1ccccc1)C(=O)Nc1ccccc1OC. The molecule has 5 heteroatoms. The fourth-order valence-corrected chi connectivity index (χ4v) is 2.34. The topological polar surface area (TPSA) is 64.6 Å². The number of hydrogen-bond donors (Lipinski definition) is 1. The molecule has 0 bridgehead atoms. The van der Waals surface area contributed by atoms with Gasteiger partial charge >= 0.3 is 5.97 Å². The zero-order valence-electron chi connectivity index (χ0n) is 13.8. The predicted octanol–water partition coefficient (Wildman–Crippen LogP) is 3.06. The largest absolute Gasteiger partial charge is 0.495 e. The van der Waals surface area contributed by atoms with Gasteiger partial charge in [0, 0.05) is 0 Å². The minimum atomic E-state index is -0.919. The molecule has 1 N–H and O–H groups in total. The number of para-hydroxylation sites is 2. The summed E-state index contributed by atoms with van der Waals surface area (Å²) in [6, 6.07) is 16.4. The first kappa shape index (κ1) is 17.5. The second kappa shape index (κ2) is 8.72. The second-order valence-corrected chi connectivity index (χ2v) is 5.18. The number of esters is 1. The van der Waals surface area contributed by atoms with Crippen molar-refractivity contribution in [3.63, 3.8) is 0 Å². The molecule has 1 unspecified atom stereocenters. The third kappa shape index (κ3) is 4.59. The number of hydrogen-bond acceptors (Lipinski definition) is 4. The Balaban J connectivity index is 2.19. The Morgan fingerprint density at radius 2 is 1.71 bits per heavy atom. The number of rotatable bonds is 7. The molecule has 0 radical (unpaired) electrons. The maximum absolute atomic E-state index is 12.6. The molecule has 1 atom stereocenters. The number of nitrogens with one attached hydrogen (secondary N) is 1. The molecule has 0 aromatic heterocycles. The van der Waals surface area contributed by atoms with Gasteiger partial charge in [-0.2, -0.15) is 0 Å². The van der Waals surface area contributed by atoms with Crippen molar-refractivity contribution >= 4 is 17.6 Å². The predicted molar refractivity (Wildman–Crippen MR) is 91.9 cm³/mol. The Kier molecular flexibility index (Phi) is 6.37. The molecule has 0 aliphatic carbocycles. The third-order valence-corrected chi connectivity index (χ3v) is 3.54. The number of anilines is 1. The normalized spacial score (nSPS) is 11.4. The number of carbonyl (C=O) groups is 2. The van der Waals surface area contributed by atoms with E-state index < -0.39 is 17.8 Å². The maximum Gasteiger partial charge on any atom is 0.318 e. The summed E-state index contributed by atoms with van der Waals surface area (Å²) in [6.07, 6.45) is 0.278. The molecule has 2 rings (SSSR count). The average molecular weight is 327 g/mol. The summed E-state index contributed by atoms with van der Waals surface area (Å²) in [5.41, 5.74) is 1.41. The number of methoxy groups -OCH3 is 1. The van der Waals surface area contributed by atoms with E-state index in [4.69, 9.17) is 9.47 Å². The Morgan fingerprint density at radius 3 is 2.38 bits per heavy atom. The molecule has 126 valence electrons. The number of amides is 1. The van der Waals surface area contributed by atoms with E-state index in [1.54, 1.807) is 31.2 Å². The van der Waals surface area contributed by atoms with Crippen LogP contribution in [0.4, 0.5) is 5.69 Å². The van der Waals surface area contributed by atoms with Crippen LogP contribution in [0.1, 0.15) is 12.5 Å². The van der Waals surface area contributed by atoms with Crippen molar-refractivity contribution < 1.29 is 19.1 Å². The minimum Gasteiger partial charge on any atom is -0.495 e. The van der Waals surface area contributed by atoms with E-state index in [0.717, 1.165) is 5.56 Å². The third-order valence-electron chi connectivity index (χ3n) is 3.54. The maximum atomic E-state index is 12.6. The molecule has 24 heavy (non-hydrogen) atoms. The van der Waals surface area contributed by atoms with Gasteiger partial charge in [0.2, 0.25) is 5.91 Å². The summed E-state index contributed by atoms with van der Waals surface area (Å²) < 4.78 is 10.3. The van der Waals surface area contributed by atoms with Crippen molar-refractivity contribution in [1.82, 2.24) is 0 Å². The van der Waals surface area contributed by atoms with E-state index in [9.17, 15) is 9.59 Å². The number of ether oxygens (including phenoxy) is 2. The van der Waals surface area contributed by atoms with Crippen LogP contribution in [-0.4, -0.2) is 25.6 Å². The second-order valence-electron chi connectivity index (χ2n) is 5.18. The van der Waals surface area contributed by atoms with Crippen molar-refractivity contribution in [3.05, 3.63) is 60.2 Å². The van der Waals surface area contributed by atoms with Gasteiger partial charge in [-0.3, -0.25) is 9.59 Å². The summed E-state index contributed by atoms with van der Waals surface area (Å²) in [7, 11) is 1.53. The van der Waals surface area contributed by atoms with Gasteiger partial charge in [-0.05, 0) is 31.0 Å². The first-order valence-electron chi connectivity index (χ1n) is 7.80. The Hall–Kier alpha value is -2.82. The van der Waals surface area contributed by atoms with Gasteiger partial charge < -0.3 is 14.8 Å². The van der Waals surface area contributed by atoms with E-state index in [0.29, 0.717) is 11.4 Å². The van der Waals surface area contributed by atoms with Crippen LogP contribution in [0.2, 0.25) is 0 Å². The van der Waals surface area contributed by atoms with E-state index in [2.05, 4.69) is 5.32 Å². The van der Waals surface area contributed by atoms with Gasteiger partial charge in [-0.15, -0.1) is 0 Å². The summed E-state index contributed by atoms with van der Waals surface area (Å²) in [6.45, 7) is 1.95. The van der Waals surface area contributed by atoms with Crippen LogP contribution in [0.5, 0.6) is 5.75 Å². The van der Waals surface area contributed by atoms with E-state index in [1.165, 1.54) is 7.11 Å². The molecule has 0 aliphatic rings. The van der Waals surface area contributed by atoms with Gasteiger partial charge in [0.05, 0.1) is 19.4 Å². The molecule has 0 spiro atoms. The molecule has 0 fully saturated rings. The van der Waals surface area contributed by atoms with Crippen LogP contribution in [0.3, 0.4) is 0 Å². The van der Waals surface area contributed by atoms with Crippen molar-refractivity contribution in [2.45, 2.75) is 13.3 Å². The lowest BCUT2D eigenvalue weighted by Crippen LogP contribution is -2.33. The molecule has 5 nitrogen and oxygen atoms in total. The molecule has 2 aromatic carbocycles. The van der Waals surface area contributed by atoms with Crippen LogP contribution < -0.4 is 10.1 Å². The fourth-order valence-electron chi connectivity index (χ4n) is 2.34. The number of benzene rings is 2. The highest BCUT2D eigenvalue weighted by Gasteiger charge is 2.29. The zero-order chi connectivity index (χ0) is 17.4. The zero-order valence-corrected chi connectivity index (χ0v) is 13.8. The molecule has 1 amide bonds. The number of carbonyl (C=O) groups excluding carboxylic acids is 2. The van der Waals surface area contributed by atoms with Gasteiger partial charge in [-0.25, -0.2) is 0 Å². The van der Waals surface area contributed by atoms with Crippen molar-refractivity contribution in [2.75, 3.05) is 19.0 Å². The monoisotopic (exact) mass is 327 g/mol. The molecule has 0 saturated carbocycles. The quantitative estimate of drug-likeness (QED) is 0.627.